The summed E-state index contributed by atoms with van der Waals surface area (Å²) >= 11 is 0. The van der Waals surface area contributed by atoms with Gasteiger partial charge in [-0.2, -0.15) is 5.10 Å². The zero-order chi connectivity index (χ0) is 41.8. The summed E-state index contributed by atoms with van der Waals surface area (Å²) in [6, 6.07) is 5.85. The molecule has 17 heteroatoms. The SMILES string of the molecule is CC.O=CN1CCc2c(c(N3CCCc4cc(-c5cnc(N6Cc7cc8c(cc7C6)C(=O)N(C6CCC(=O)NC6=O)C8=O)nc5)c(C(F)F)cc43)nn2C2CCOCC2)C1. The van der Waals surface area contributed by atoms with Gasteiger partial charge < -0.3 is 19.4 Å². The van der Waals surface area contributed by atoms with Gasteiger partial charge in [0.25, 0.3) is 18.2 Å². The van der Waals surface area contributed by atoms with Gasteiger partial charge in [-0.25, -0.2) is 18.7 Å². The molecule has 2 saturated heterocycles. The van der Waals surface area contributed by atoms with Crippen LogP contribution in [0.3, 0.4) is 0 Å². The van der Waals surface area contributed by atoms with E-state index in [1.54, 1.807) is 35.5 Å². The third kappa shape index (κ3) is 6.68. The maximum atomic E-state index is 15.0. The quantitative estimate of drug-likeness (QED) is 0.193. The van der Waals surface area contributed by atoms with E-state index in [1.165, 1.54) is 0 Å². The number of aromatic nitrogens is 4. The number of alkyl halides is 2. The molecule has 6 aliphatic rings. The lowest BCUT2D eigenvalue weighted by Gasteiger charge is -2.33. The second-order valence-electron chi connectivity index (χ2n) is 15.7. The number of carbonyl (C=O) groups is 5. The summed E-state index contributed by atoms with van der Waals surface area (Å²) in [7, 11) is 0. The van der Waals surface area contributed by atoms with Crippen molar-refractivity contribution in [2.24, 2.45) is 0 Å². The number of aryl methyl sites for hydroxylation is 1. The highest BCUT2D eigenvalue weighted by Gasteiger charge is 2.45. The number of fused-ring (bicyclic) bond motifs is 4. The number of hydrogen-bond donors (Lipinski definition) is 1. The van der Waals surface area contributed by atoms with E-state index in [9.17, 15) is 32.8 Å². The number of piperidine rings is 1. The minimum atomic E-state index is -2.78. The maximum Gasteiger partial charge on any atom is 0.264 e. The van der Waals surface area contributed by atoms with Gasteiger partial charge in [-0.3, -0.25) is 38.9 Å². The Morgan fingerprint density at radius 2 is 1.52 bits per heavy atom. The van der Waals surface area contributed by atoms with Crippen molar-refractivity contribution < 1.29 is 37.5 Å². The van der Waals surface area contributed by atoms with Gasteiger partial charge in [0.05, 0.1) is 23.7 Å². The molecule has 5 amide bonds. The summed E-state index contributed by atoms with van der Waals surface area (Å²) in [6.45, 7) is 7.61. The molecule has 60 heavy (non-hydrogen) atoms. The number of amides is 5. The number of nitrogens with zero attached hydrogens (tertiary/aromatic N) is 8. The molecule has 8 heterocycles. The lowest BCUT2D eigenvalue weighted by molar-refractivity contribution is -0.136. The van der Waals surface area contributed by atoms with E-state index < -0.39 is 36.1 Å². The van der Waals surface area contributed by atoms with Crippen molar-refractivity contribution in [1.82, 2.24) is 34.9 Å². The molecule has 312 valence electrons. The summed E-state index contributed by atoms with van der Waals surface area (Å²) in [4.78, 5) is 78.5. The number of halogens is 2. The normalized spacial score (nSPS) is 20.1. The van der Waals surface area contributed by atoms with Gasteiger partial charge in [-0.15, -0.1) is 0 Å². The Balaban J connectivity index is 0.00000228. The van der Waals surface area contributed by atoms with E-state index in [1.807, 2.05) is 29.7 Å². The van der Waals surface area contributed by atoms with E-state index >= 15 is 0 Å². The first-order valence-corrected chi connectivity index (χ1v) is 20.7. The molecule has 1 unspecified atom stereocenters. The molecule has 2 aromatic heterocycles. The minimum absolute atomic E-state index is 0.0393. The number of hydrogen-bond acceptors (Lipinski definition) is 11. The second-order valence-corrected chi connectivity index (χ2v) is 15.7. The molecule has 0 spiro atoms. The number of nitrogens with one attached hydrogen (secondary N) is 1. The van der Waals surface area contributed by atoms with Crippen LogP contribution in [0.25, 0.3) is 11.1 Å². The van der Waals surface area contributed by atoms with Gasteiger partial charge in [0, 0.05) is 92.7 Å². The van der Waals surface area contributed by atoms with Crippen molar-refractivity contribution in [1.29, 1.82) is 0 Å². The average molecular weight is 822 g/mol. The van der Waals surface area contributed by atoms with Crippen LogP contribution in [-0.2, 0) is 51.6 Å². The summed E-state index contributed by atoms with van der Waals surface area (Å²) < 4.78 is 37.7. The van der Waals surface area contributed by atoms with Crippen molar-refractivity contribution in [2.45, 2.75) is 96.9 Å². The molecule has 4 aromatic rings. The Morgan fingerprint density at radius 1 is 0.833 bits per heavy atom. The molecule has 1 N–H and O–H groups in total. The summed E-state index contributed by atoms with van der Waals surface area (Å²) in [6.07, 6.45) is 5.11. The predicted molar refractivity (Wildman–Crippen MR) is 214 cm³/mol. The van der Waals surface area contributed by atoms with E-state index in [4.69, 9.17) is 9.84 Å². The van der Waals surface area contributed by atoms with Crippen LogP contribution >= 0.6 is 0 Å². The van der Waals surface area contributed by atoms with E-state index in [-0.39, 0.29) is 35.6 Å². The first kappa shape index (κ1) is 39.4. The molecule has 1 atom stereocenters. The van der Waals surface area contributed by atoms with Crippen LogP contribution < -0.4 is 15.1 Å². The Morgan fingerprint density at radius 3 is 2.17 bits per heavy atom. The Bertz CT molecular complexity index is 2370. The van der Waals surface area contributed by atoms with Crippen LogP contribution in [0, 0.1) is 0 Å². The number of carbonyl (C=O) groups excluding carboxylic acids is 5. The first-order valence-electron chi connectivity index (χ1n) is 20.7. The van der Waals surface area contributed by atoms with Crippen molar-refractivity contribution in [3.8, 4) is 11.1 Å². The van der Waals surface area contributed by atoms with Crippen molar-refractivity contribution in [2.75, 3.05) is 36.1 Å². The molecule has 6 aliphatic heterocycles. The molecular weight excluding hydrogens is 777 g/mol. The van der Waals surface area contributed by atoms with Crippen molar-refractivity contribution >= 4 is 47.5 Å². The average Bonchev–Trinajstić information content (AvgIpc) is 3.94. The highest BCUT2D eigenvalue weighted by molar-refractivity contribution is 6.23. The van der Waals surface area contributed by atoms with Gasteiger partial charge in [0.2, 0.25) is 24.2 Å². The van der Waals surface area contributed by atoms with Crippen molar-refractivity contribution in [3.63, 3.8) is 0 Å². The van der Waals surface area contributed by atoms with Crippen LogP contribution in [0.4, 0.5) is 26.2 Å². The zero-order valence-corrected chi connectivity index (χ0v) is 33.5. The summed E-state index contributed by atoms with van der Waals surface area (Å²) in [5.41, 5.74) is 6.32. The molecular formula is C43H45F2N9O6. The highest BCUT2D eigenvalue weighted by atomic mass is 19.3. The number of imide groups is 2. The number of ether oxygens (including phenoxy) is 1. The third-order valence-corrected chi connectivity index (χ3v) is 12.4. The lowest BCUT2D eigenvalue weighted by Crippen LogP contribution is -2.54. The van der Waals surface area contributed by atoms with Crippen LogP contribution in [0.15, 0.2) is 36.7 Å². The molecule has 0 bridgehead atoms. The highest BCUT2D eigenvalue weighted by Crippen LogP contribution is 2.44. The van der Waals surface area contributed by atoms with Gasteiger partial charge >= 0.3 is 0 Å². The Labute approximate surface area is 344 Å². The maximum absolute atomic E-state index is 15.0. The topological polar surface area (TPSA) is 163 Å². The lowest BCUT2D eigenvalue weighted by atomic mass is 9.92. The van der Waals surface area contributed by atoms with Gasteiger partial charge in [-0.05, 0) is 78.6 Å². The largest absolute Gasteiger partial charge is 0.381 e. The fraction of sp³-hybridized carbons (Fsp3) is 0.442. The standard InChI is InChI=1S/C41H39F2N9O6.C2H6/c42-36(43)28-15-34-22(2-1-8-50(34)37-31-20-48(21-53)9-5-32(31)52(47-37)26-6-10-58-11-7-26)12-27(28)25-16-44-41(45-17-25)49-18-23-13-29-30(14-24(23)19-49)40(57)51(39(29)56)33-3-4-35(54)46-38(33)55;1-2/h12-17,21,26,33,36H,1-11,18-20H2,(H,46,54,55);1-2H3. The Kier molecular flexibility index (Phi) is 10.4. The minimum Gasteiger partial charge on any atom is -0.381 e. The third-order valence-electron chi connectivity index (χ3n) is 12.4. The fourth-order valence-corrected chi connectivity index (χ4v) is 9.42. The summed E-state index contributed by atoms with van der Waals surface area (Å²) in [5, 5.41) is 7.36. The van der Waals surface area contributed by atoms with Crippen LogP contribution in [0.5, 0.6) is 0 Å². The molecule has 2 aromatic carbocycles. The molecule has 15 nitrogen and oxygen atoms in total. The van der Waals surface area contributed by atoms with E-state index in [0.717, 1.165) is 58.5 Å². The van der Waals surface area contributed by atoms with Crippen LogP contribution in [0.1, 0.15) is 113 Å². The van der Waals surface area contributed by atoms with Crippen LogP contribution in [-0.4, -0.2) is 91.9 Å². The number of benzene rings is 2. The first-order chi connectivity index (χ1) is 29.2. The smallest absolute Gasteiger partial charge is 0.264 e. The molecule has 10 rings (SSSR count). The summed E-state index contributed by atoms with van der Waals surface area (Å²) in [5.74, 6) is -1.18. The monoisotopic (exact) mass is 821 g/mol. The second kappa shape index (κ2) is 15.8. The molecule has 0 aliphatic carbocycles. The molecule has 0 saturated carbocycles. The number of anilines is 3. The van der Waals surface area contributed by atoms with E-state index in [2.05, 4.69) is 20.0 Å². The fourth-order valence-electron chi connectivity index (χ4n) is 9.42. The van der Waals surface area contributed by atoms with E-state index in [0.29, 0.717) is 87.4 Å². The number of rotatable bonds is 7. The van der Waals surface area contributed by atoms with Crippen molar-refractivity contribution in [3.05, 3.63) is 81.3 Å². The molecule has 2 fully saturated rings. The van der Waals surface area contributed by atoms with Gasteiger partial charge in [0.1, 0.15) is 6.04 Å². The van der Waals surface area contributed by atoms with Crippen LogP contribution in [0.2, 0.25) is 0 Å². The zero-order valence-electron chi connectivity index (χ0n) is 33.5. The molecule has 0 radical (unpaired) electrons. The Hall–Kier alpha value is -6.10. The van der Waals surface area contributed by atoms with Gasteiger partial charge in [0.15, 0.2) is 5.82 Å². The predicted octanol–water partition coefficient (Wildman–Crippen LogP) is 5.18. The van der Waals surface area contributed by atoms with Gasteiger partial charge in [-0.1, -0.05) is 13.8 Å².